The van der Waals surface area contributed by atoms with E-state index in [1.54, 1.807) is 13.0 Å². The topological polar surface area (TPSA) is 17.1 Å². The highest BCUT2D eigenvalue weighted by atomic mass is 32.2. The smallest absolute Gasteiger partial charge is 0.154 e. The fraction of sp³-hybridized carbons (Fsp3) is 0.750. The molecule has 0 aromatic rings. The summed E-state index contributed by atoms with van der Waals surface area (Å²) in [5.74, 6) is 2.43. The highest BCUT2D eigenvalue weighted by Crippen LogP contribution is 2.29. The zero-order valence-electron chi connectivity index (χ0n) is 10.0. The van der Waals surface area contributed by atoms with E-state index in [-0.39, 0.29) is 5.78 Å². The molecule has 88 valence electrons. The molecule has 0 aliphatic carbocycles. The van der Waals surface area contributed by atoms with E-state index in [1.165, 1.54) is 29.9 Å². The van der Waals surface area contributed by atoms with Gasteiger partial charge in [0.25, 0.3) is 0 Å². The van der Waals surface area contributed by atoms with Crippen molar-refractivity contribution in [3.8, 4) is 0 Å². The van der Waals surface area contributed by atoms with E-state index in [0.717, 1.165) is 11.5 Å². The van der Waals surface area contributed by atoms with Crippen LogP contribution in [0.5, 0.6) is 0 Å². The van der Waals surface area contributed by atoms with E-state index in [2.05, 4.69) is 13.8 Å². The summed E-state index contributed by atoms with van der Waals surface area (Å²) in [6, 6.07) is 0. The highest BCUT2D eigenvalue weighted by molar-refractivity contribution is 8.22. The number of carbonyl (C=O) groups excluding carboxylic acids is 1. The summed E-state index contributed by atoms with van der Waals surface area (Å²) in [4.78, 5) is 11.0. The van der Waals surface area contributed by atoms with Crippen LogP contribution in [0.4, 0.5) is 0 Å². The van der Waals surface area contributed by atoms with Crippen LogP contribution in [0.2, 0.25) is 0 Å². The third-order valence-corrected chi connectivity index (χ3v) is 4.30. The van der Waals surface area contributed by atoms with Crippen LogP contribution in [0.25, 0.3) is 0 Å². The predicted octanol–water partition coefficient (Wildman–Crippen LogP) is 4.48. The lowest BCUT2D eigenvalue weighted by molar-refractivity contribution is -0.112. The number of hydrogen-bond donors (Lipinski definition) is 0. The summed E-state index contributed by atoms with van der Waals surface area (Å²) in [7, 11) is 0. The maximum Gasteiger partial charge on any atom is 0.154 e. The molecule has 0 aliphatic rings. The molecule has 1 nitrogen and oxygen atoms in total. The largest absolute Gasteiger partial charge is 0.295 e. The predicted molar refractivity (Wildman–Crippen MR) is 73.5 cm³/mol. The van der Waals surface area contributed by atoms with E-state index in [1.807, 2.05) is 23.5 Å². The van der Waals surface area contributed by atoms with Gasteiger partial charge in [-0.3, -0.25) is 4.79 Å². The van der Waals surface area contributed by atoms with E-state index in [0.29, 0.717) is 0 Å². The van der Waals surface area contributed by atoms with Gasteiger partial charge in [0.2, 0.25) is 0 Å². The van der Waals surface area contributed by atoms with Crippen molar-refractivity contribution in [2.45, 2.75) is 46.5 Å². The van der Waals surface area contributed by atoms with E-state index in [4.69, 9.17) is 0 Å². The molecule has 0 unspecified atom stereocenters. The van der Waals surface area contributed by atoms with Gasteiger partial charge in [0.1, 0.15) is 0 Å². The van der Waals surface area contributed by atoms with Crippen LogP contribution >= 0.6 is 23.5 Å². The normalized spacial score (nSPS) is 10.1. The number of rotatable bonds is 9. The van der Waals surface area contributed by atoms with Crippen LogP contribution < -0.4 is 0 Å². The maximum atomic E-state index is 11.0. The third kappa shape index (κ3) is 10.4. The molecule has 0 saturated carbocycles. The number of carbonyl (C=O) groups is 1. The summed E-state index contributed by atoms with van der Waals surface area (Å²) in [5, 5.41) is 0. The fourth-order valence-electron chi connectivity index (χ4n) is 0.925. The first-order valence-electron chi connectivity index (χ1n) is 5.68. The number of unbranched alkanes of at least 4 members (excludes halogenated alkanes) is 2. The Morgan fingerprint density at radius 1 is 1.07 bits per heavy atom. The van der Waals surface area contributed by atoms with Gasteiger partial charge >= 0.3 is 0 Å². The summed E-state index contributed by atoms with van der Waals surface area (Å²) < 4.78 is 1.20. The molecule has 0 atom stereocenters. The molecule has 0 N–H and O–H groups in total. The van der Waals surface area contributed by atoms with Crippen molar-refractivity contribution >= 4 is 29.3 Å². The minimum absolute atomic E-state index is 0.165. The van der Waals surface area contributed by atoms with Crippen LogP contribution in [0.15, 0.2) is 10.3 Å². The second-order valence-electron chi connectivity index (χ2n) is 3.48. The van der Waals surface area contributed by atoms with Crippen molar-refractivity contribution in [3.63, 3.8) is 0 Å². The Morgan fingerprint density at radius 2 is 1.53 bits per heavy atom. The van der Waals surface area contributed by atoms with Crippen LogP contribution in [-0.2, 0) is 4.79 Å². The molecule has 0 rings (SSSR count). The van der Waals surface area contributed by atoms with Gasteiger partial charge in [0.05, 0.1) is 0 Å². The highest BCUT2D eigenvalue weighted by Gasteiger charge is 2.00. The van der Waals surface area contributed by atoms with Gasteiger partial charge in [-0.2, -0.15) is 0 Å². The number of hydrogen-bond acceptors (Lipinski definition) is 3. The zero-order valence-corrected chi connectivity index (χ0v) is 11.7. The Morgan fingerprint density at radius 3 is 1.87 bits per heavy atom. The van der Waals surface area contributed by atoms with E-state index in [9.17, 15) is 4.79 Å². The molecule has 0 fully saturated rings. The third-order valence-electron chi connectivity index (χ3n) is 1.81. The van der Waals surface area contributed by atoms with Crippen molar-refractivity contribution in [1.82, 2.24) is 0 Å². The Labute approximate surface area is 102 Å². The summed E-state index contributed by atoms with van der Waals surface area (Å²) in [6.45, 7) is 6.01. The number of allylic oxidation sites excluding steroid dienone is 1. The minimum atomic E-state index is 0.165. The molecule has 15 heavy (non-hydrogen) atoms. The lowest BCUT2D eigenvalue weighted by Gasteiger charge is -2.05. The van der Waals surface area contributed by atoms with Crippen molar-refractivity contribution in [2.75, 3.05) is 11.5 Å². The van der Waals surface area contributed by atoms with Gasteiger partial charge in [-0.15, -0.1) is 23.5 Å². The first-order chi connectivity index (χ1) is 7.20. The van der Waals surface area contributed by atoms with Gasteiger partial charge in [0.15, 0.2) is 5.78 Å². The molecule has 0 aromatic heterocycles. The summed E-state index contributed by atoms with van der Waals surface area (Å²) in [5.41, 5.74) is 0. The second kappa shape index (κ2) is 10.6. The Hall–Kier alpha value is 0.110. The average Bonchev–Trinajstić information content (AvgIpc) is 2.17. The second-order valence-corrected chi connectivity index (χ2v) is 6.01. The molecule has 0 amide bonds. The van der Waals surface area contributed by atoms with Gasteiger partial charge in [0, 0.05) is 10.3 Å². The molecule has 0 heterocycles. The van der Waals surface area contributed by atoms with Crippen LogP contribution in [-0.4, -0.2) is 17.3 Å². The van der Waals surface area contributed by atoms with Gasteiger partial charge in [-0.25, -0.2) is 0 Å². The molecule has 0 spiro atoms. The molecule has 0 bridgehead atoms. The molecule has 3 heteroatoms. The molecule has 0 saturated heterocycles. The van der Waals surface area contributed by atoms with Crippen molar-refractivity contribution in [3.05, 3.63) is 10.3 Å². The molecular weight excluding hydrogens is 224 g/mol. The average molecular weight is 246 g/mol. The van der Waals surface area contributed by atoms with Gasteiger partial charge in [-0.1, -0.05) is 26.7 Å². The van der Waals surface area contributed by atoms with E-state index < -0.39 is 0 Å². The SMILES string of the molecule is CCCCSC(=CC(C)=O)SCCCC. The van der Waals surface area contributed by atoms with Crippen molar-refractivity contribution in [1.29, 1.82) is 0 Å². The monoisotopic (exact) mass is 246 g/mol. The molecule has 0 radical (unpaired) electrons. The Bertz CT molecular complexity index is 188. The zero-order chi connectivity index (χ0) is 11.5. The summed E-state index contributed by atoms with van der Waals surface area (Å²) >= 11 is 3.66. The Kier molecular flexibility index (Phi) is 10.7. The number of thioether (sulfide) groups is 2. The van der Waals surface area contributed by atoms with Gasteiger partial charge in [-0.05, 0) is 31.3 Å². The van der Waals surface area contributed by atoms with Crippen LogP contribution in [0.1, 0.15) is 46.5 Å². The standard InChI is InChI=1S/C12H22OS2/c1-4-6-8-14-12(10-11(3)13)15-9-7-5-2/h10H,4-9H2,1-3H3. The molecular formula is C12H22OS2. The fourth-order valence-corrected chi connectivity index (χ4v) is 3.53. The van der Waals surface area contributed by atoms with Crippen molar-refractivity contribution < 1.29 is 4.79 Å². The minimum Gasteiger partial charge on any atom is -0.295 e. The summed E-state index contributed by atoms with van der Waals surface area (Å²) in [6.07, 6.45) is 6.68. The van der Waals surface area contributed by atoms with E-state index >= 15 is 0 Å². The maximum absolute atomic E-state index is 11.0. The van der Waals surface area contributed by atoms with Crippen LogP contribution in [0, 0.1) is 0 Å². The van der Waals surface area contributed by atoms with Crippen molar-refractivity contribution in [2.24, 2.45) is 0 Å². The molecule has 0 aromatic carbocycles. The van der Waals surface area contributed by atoms with Crippen LogP contribution in [0.3, 0.4) is 0 Å². The first kappa shape index (κ1) is 15.1. The first-order valence-corrected chi connectivity index (χ1v) is 7.65. The lowest BCUT2D eigenvalue weighted by Crippen LogP contribution is -1.87. The quantitative estimate of drug-likeness (QED) is 0.441. The lowest BCUT2D eigenvalue weighted by atomic mass is 10.4. The number of ketones is 1. The molecule has 0 aliphatic heterocycles. The van der Waals surface area contributed by atoms with Gasteiger partial charge < -0.3 is 0 Å². The Balaban J connectivity index is 3.90.